The highest BCUT2D eigenvalue weighted by Gasteiger charge is 2.31. The van der Waals surface area contributed by atoms with Crippen LogP contribution in [0.25, 0.3) is 0 Å². The largest absolute Gasteiger partial charge is 0.573 e. The molecule has 0 radical (unpaired) electrons. The number of rotatable bonds is 3. The molecule has 1 aromatic rings. The Kier molecular flexibility index (Phi) is 4.45. The molecule has 3 unspecified atom stereocenters. The van der Waals surface area contributed by atoms with Crippen LogP contribution in [-0.2, 0) is 0 Å². The summed E-state index contributed by atoms with van der Waals surface area (Å²) in [7, 11) is 0. The van der Waals surface area contributed by atoms with Gasteiger partial charge in [0.25, 0.3) is 0 Å². The van der Waals surface area contributed by atoms with Crippen molar-refractivity contribution in [3.63, 3.8) is 0 Å². The van der Waals surface area contributed by atoms with E-state index in [-0.39, 0.29) is 5.75 Å². The van der Waals surface area contributed by atoms with E-state index < -0.39 is 6.36 Å². The van der Waals surface area contributed by atoms with Crippen molar-refractivity contribution < 1.29 is 17.9 Å². The third-order valence-corrected chi connectivity index (χ3v) is 4.06. The molecular weight excluding hydrogens is 267 g/mol. The second-order valence-corrected chi connectivity index (χ2v) is 5.68. The molecule has 2 nitrogen and oxygen atoms in total. The summed E-state index contributed by atoms with van der Waals surface area (Å²) in [6, 6.07) is 6.33. The average Bonchev–Trinajstić information content (AvgIpc) is 2.35. The molecule has 112 valence electrons. The zero-order valence-electron chi connectivity index (χ0n) is 11.7. The molecule has 5 heteroatoms. The van der Waals surface area contributed by atoms with Crippen LogP contribution in [0.4, 0.5) is 18.9 Å². The van der Waals surface area contributed by atoms with Gasteiger partial charge in [-0.2, -0.15) is 0 Å². The summed E-state index contributed by atoms with van der Waals surface area (Å²) >= 11 is 0. The Labute approximate surface area is 117 Å². The van der Waals surface area contributed by atoms with E-state index in [1.165, 1.54) is 18.6 Å². The van der Waals surface area contributed by atoms with E-state index in [1.54, 1.807) is 12.1 Å². The van der Waals surface area contributed by atoms with Gasteiger partial charge < -0.3 is 10.1 Å². The van der Waals surface area contributed by atoms with Gasteiger partial charge in [0.1, 0.15) is 5.75 Å². The molecule has 0 spiro atoms. The standard InChI is InChI=1S/C15H20F3NO/c1-10-3-4-13(9-11(10)2)19-12-5-7-14(8-6-12)20-15(16,17)18/h5-8,10-11,13,19H,3-4,9H2,1-2H3. The van der Waals surface area contributed by atoms with Crippen LogP contribution in [0.3, 0.4) is 0 Å². The van der Waals surface area contributed by atoms with E-state index in [4.69, 9.17) is 0 Å². The monoisotopic (exact) mass is 287 g/mol. The number of ether oxygens (including phenoxy) is 1. The number of hydrogen-bond acceptors (Lipinski definition) is 2. The maximum absolute atomic E-state index is 12.1. The second-order valence-electron chi connectivity index (χ2n) is 5.68. The molecule has 1 N–H and O–H groups in total. The van der Waals surface area contributed by atoms with E-state index >= 15 is 0 Å². The Balaban J connectivity index is 1.91. The Morgan fingerprint density at radius 3 is 2.25 bits per heavy atom. The number of anilines is 1. The molecule has 0 aliphatic heterocycles. The Hall–Kier alpha value is -1.39. The van der Waals surface area contributed by atoms with Crippen molar-refractivity contribution in [1.29, 1.82) is 0 Å². The lowest BCUT2D eigenvalue weighted by Gasteiger charge is -2.33. The molecule has 0 bridgehead atoms. The van der Waals surface area contributed by atoms with Crippen molar-refractivity contribution in [3.05, 3.63) is 24.3 Å². The highest BCUT2D eigenvalue weighted by Crippen LogP contribution is 2.31. The molecule has 2 rings (SSSR count). The third kappa shape index (κ3) is 4.32. The normalized spacial score (nSPS) is 27.1. The topological polar surface area (TPSA) is 21.3 Å². The van der Waals surface area contributed by atoms with Crippen molar-refractivity contribution in [1.82, 2.24) is 0 Å². The van der Waals surface area contributed by atoms with E-state index in [2.05, 4.69) is 23.9 Å². The summed E-state index contributed by atoms with van der Waals surface area (Å²) in [6.07, 6.45) is -1.24. The minimum absolute atomic E-state index is 0.186. The predicted octanol–water partition coefficient (Wildman–Crippen LogP) is 4.82. The Morgan fingerprint density at radius 2 is 1.70 bits per heavy atom. The van der Waals surface area contributed by atoms with Crippen LogP contribution in [0.5, 0.6) is 5.75 Å². The van der Waals surface area contributed by atoms with Gasteiger partial charge >= 0.3 is 6.36 Å². The van der Waals surface area contributed by atoms with E-state index in [1.807, 2.05) is 0 Å². The van der Waals surface area contributed by atoms with Crippen LogP contribution in [0.15, 0.2) is 24.3 Å². The first-order chi connectivity index (χ1) is 9.33. The minimum Gasteiger partial charge on any atom is -0.406 e. The van der Waals surface area contributed by atoms with E-state index in [0.717, 1.165) is 24.4 Å². The lowest BCUT2D eigenvalue weighted by molar-refractivity contribution is -0.274. The molecule has 0 amide bonds. The Morgan fingerprint density at radius 1 is 1.05 bits per heavy atom. The smallest absolute Gasteiger partial charge is 0.406 e. The van der Waals surface area contributed by atoms with E-state index in [0.29, 0.717) is 12.0 Å². The molecular formula is C15H20F3NO. The van der Waals surface area contributed by atoms with Crippen LogP contribution >= 0.6 is 0 Å². The average molecular weight is 287 g/mol. The zero-order chi connectivity index (χ0) is 14.8. The van der Waals surface area contributed by atoms with Gasteiger partial charge in [0.05, 0.1) is 0 Å². The van der Waals surface area contributed by atoms with Gasteiger partial charge in [-0.3, -0.25) is 0 Å². The van der Waals surface area contributed by atoms with Gasteiger partial charge in [-0.25, -0.2) is 0 Å². The summed E-state index contributed by atoms with van der Waals surface area (Å²) in [5.74, 6) is 1.23. The maximum atomic E-state index is 12.1. The molecule has 0 heterocycles. The third-order valence-electron chi connectivity index (χ3n) is 4.06. The van der Waals surface area contributed by atoms with Crippen molar-refractivity contribution in [2.75, 3.05) is 5.32 Å². The van der Waals surface area contributed by atoms with Crippen molar-refractivity contribution >= 4 is 5.69 Å². The lowest BCUT2D eigenvalue weighted by atomic mass is 9.79. The van der Waals surface area contributed by atoms with Gasteiger partial charge in [0.2, 0.25) is 0 Å². The lowest BCUT2D eigenvalue weighted by Crippen LogP contribution is -2.30. The van der Waals surface area contributed by atoms with Gasteiger partial charge in [-0.15, -0.1) is 13.2 Å². The van der Waals surface area contributed by atoms with Crippen molar-refractivity contribution in [2.45, 2.75) is 45.5 Å². The van der Waals surface area contributed by atoms with Gasteiger partial charge in [0, 0.05) is 11.7 Å². The molecule has 1 aromatic carbocycles. The van der Waals surface area contributed by atoms with E-state index in [9.17, 15) is 13.2 Å². The number of benzene rings is 1. The summed E-state index contributed by atoms with van der Waals surface area (Å²) < 4.78 is 40.0. The van der Waals surface area contributed by atoms with Gasteiger partial charge in [-0.05, 0) is 55.4 Å². The number of hydrogen-bond donors (Lipinski definition) is 1. The van der Waals surface area contributed by atoms with Crippen LogP contribution in [0.1, 0.15) is 33.1 Å². The highest BCUT2D eigenvalue weighted by atomic mass is 19.4. The molecule has 0 saturated heterocycles. The van der Waals surface area contributed by atoms with Crippen LogP contribution < -0.4 is 10.1 Å². The Bertz CT molecular complexity index is 430. The first kappa shape index (κ1) is 15.0. The first-order valence-corrected chi connectivity index (χ1v) is 6.96. The summed E-state index contributed by atoms with van der Waals surface area (Å²) in [4.78, 5) is 0. The van der Waals surface area contributed by atoms with Crippen LogP contribution in [-0.4, -0.2) is 12.4 Å². The minimum atomic E-state index is -4.64. The maximum Gasteiger partial charge on any atom is 0.573 e. The van der Waals surface area contributed by atoms with Crippen molar-refractivity contribution in [2.24, 2.45) is 11.8 Å². The second kappa shape index (κ2) is 5.94. The summed E-state index contributed by atoms with van der Waals surface area (Å²) in [5, 5.41) is 3.39. The highest BCUT2D eigenvalue weighted by molar-refractivity contribution is 5.47. The summed E-state index contributed by atoms with van der Waals surface area (Å²) in [6.45, 7) is 4.52. The van der Waals surface area contributed by atoms with Crippen LogP contribution in [0, 0.1) is 11.8 Å². The predicted molar refractivity (Wildman–Crippen MR) is 72.7 cm³/mol. The fourth-order valence-electron chi connectivity index (χ4n) is 2.67. The SMILES string of the molecule is CC1CCC(Nc2ccc(OC(F)(F)F)cc2)CC1C. The van der Waals surface area contributed by atoms with Gasteiger partial charge in [-0.1, -0.05) is 13.8 Å². The molecule has 1 aliphatic rings. The molecule has 20 heavy (non-hydrogen) atoms. The number of halogens is 3. The van der Waals surface area contributed by atoms with Crippen molar-refractivity contribution in [3.8, 4) is 5.75 Å². The zero-order valence-corrected chi connectivity index (χ0v) is 11.7. The fourth-order valence-corrected chi connectivity index (χ4v) is 2.67. The molecule has 0 aromatic heterocycles. The molecule has 1 aliphatic carbocycles. The quantitative estimate of drug-likeness (QED) is 0.860. The van der Waals surface area contributed by atoms with Gasteiger partial charge in [0.15, 0.2) is 0 Å². The fraction of sp³-hybridized carbons (Fsp3) is 0.600. The van der Waals surface area contributed by atoms with Crippen LogP contribution in [0.2, 0.25) is 0 Å². The number of alkyl halides is 3. The first-order valence-electron chi connectivity index (χ1n) is 6.96. The molecule has 1 saturated carbocycles. The molecule has 3 atom stereocenters. The summed E-state index contributed by atoms with van der Waals surface area (Å²) in [5.41, 5.74) is 0.839. The molecule has 1 fully saturated rings. The number of nitrogens with one attached hydrogen (secondary N) is 1.